The van der Waals surface area contributed by atoms with E-state index in [2.05, 4.69) is 33.7 Å². The molecule has 1 amide bonds. The van der Waals surface area contributed by atoms with Crippen LogP contribution in [0.15, 0.2) is 77.5 Å². The van der Waals surface area contributed by atoms with Crippen molar-refractivity contribution in [3.8, 4) is 10.6 Å². The number of hydrogen-bond donors (Lipinski definition) is 1. The number of nitrogens with zero attached hydrogens (tertiary/aromatic N) is 3. The van der Waals surface area contributed by atoms with Crippen LogP contribution in [0, 0.1) is 0 Å². The standard InChI is InChI=1S/C24H26N4O3S2/c1-2-12-25-33(30,31)22-10-8-20(9-11-22)24(29)28-15-13-27(14-16-28)17-21-18-32-23(26-21)19-6-4-3-5-7-19/h2-11,18,25H,1,12-17H2. The van der Waals surface area contributed by atoms with Gasteiger partial charge in [-0.2, -0.15) is 0 Å². The molecule has 0 atom stereocenters. The second-order valence-corrected chi connectivity index (χ2v) is 10.4. The predicted octanol–water partition coefficient (Wildman–Crippen LogP) is 3.23. The highest BCUT2D eigenvalue weighted by Gasteiger charge is 2.23. The smallest absolute Gasteiger partial charge is 0.253 e. The van der Waals surface area contributed by atoms with Crippen molar-refractivity contribution >= 4 is 27.3 Å². The van der Waals surface area contributed by atoms with Crippen LogP contribution in [0.3, 0.4) is 0 Å². The number of amides is 1. The van der Waals surface area contributed by atoms with E-state index in [0.29, 0.717) is 18.7 Å². The van der Waals surface area contributed by atoms with Gasteiger partial charge in [-0.25, -0.2) is 18.1 Å². The Morgan fingerprint density at radius 2 is 1.76 bits per heavy atom. The van der Waals surface area contributed by atoms with Crippen molar-refractivity contribution in [2.75, 3.05) is 32.7 Å². The zero-order chi connectivity index (χ0) is 23.3. The van der Waals surface area contributed by atoms with Crippen molar-refractivity contribution in [1.29, 1.82) is 0 Å². The SMILES string of the molecule is C=CCNS(=O)(=O)c1ccc(C(=O)N2CCN(Cc3csc(-c4ccccc4)n3)CC2)cc1. The lowest BCUT2D eigenvalue weighted by Gasteiger charge is -2.34. The van der Waals surface area contributed by atoms with Crippen LogP contribution in [0.1, 0.15) is 16.1 Å². The number of benzene rings is 2. The maximum absolute atomic E-state index is 12.9. The molecule has 2 heterocycles. The zero-order valence-corrected chi connectivity index (χ0v) is 19.8. The summed E-state index contributed by atoms with van der Waals surface area (Å²) in [7, 11) is -3.60. The highest BCUT2D eigenvalue weighted by Crippen LogP contribution is 2.24. The first-order valence-corrected chi connectivity index (χ1v) is 13.0. The predicted molar refractivity (Wildman–Crippen MR) is 131 cm³/mol. The fourth-order valence-electron chi connectivity index (χ4n) is 3.64. The molecule has 3 aromatic rings. The van der Waals surface area contributed by atoms with Gasteiger partial charge in [0.1, 0.15) is 5.01 Å². The van der Waals surface area contributed by atoms with Crippen molar-refractivity contribution in [2.24, 2.45) is 0 Å². The monoisotopic (exact) mass is 482 g/mol. The normalized spacial score (nSPS) is 14.8. The first kappa shape index (κ1) is 23.3. The number of sulfonamides is 1. The molecule has 33 heavy (non-hydrogen) atoms. The van der Waals surface area contributed by atoms with E-state index in [1.165, 1.54) is 18.2 Å². The molecule has 1 aliphatic heterocycles. The van der Waals surface area contributed by atoms with Crippen molar-refractivity contribution in [3.05, 3.63) is 83.9 Å². The summed E-state index contributed by atoms with van der Waals surface area (Å²) in [6.45, 7) is 7.19. The quantitative estimate of drug-likeness (QED) is 0.499. The van der Waals surface area contributed by atoms with E-state index in [0.717, 1.165) is 35.9 Å². The third kappa shape index (κ3) is 5.75. The molecule has 0 spiro atoms. The number of thiazole rings is 1. The minimum absolute atomic E-state index is 0.0855. The number of carbonyl (C=O) groups excluding carboxylic acids is 1. The zero-order valence-electron chi connectivity index (χ0n) is 18.2. The number of nitrogens with one attached hydrogen (secondary N) is 1. The molecule has 4 rings (SSSR count). The van der Waals surface area contributed by atoms with E-state index in [1.54, 1.807) is 23.5 Å². The minimum atomic E-state index is -3.60. The molecule has 1 aliphatic rings. The summed E-state index contributed by atoms with van der Waals surface area (Å²) in [6, 6.07) is 16.2. The van der Waals surface area contributed by atoms with Crippen LogP contribution in [0.25, 0.3) is 10.6 Å². The Hall–Kier alpha value is -2.85. The molecule has 1 aromatic heterocycles. The topological polar surface area (TPSA) is 82.6 Å². The molecule has 0 unspecified atom stereocenters. The Morgan fingerprint density at radius 3 is 2.42 bits per heavy atom. The van der Waals surface area contributed by atoms with E-state index >= 15 is 0 Å². The first-order valence-electron chi connectivity index (χ1n) is 10.7. The molecule has 0 saturated carbocycles. The molecule has 1 saturated heterocycles. The van der Waals surface area contributed by atoms with Crippen LogP contribution in [-0.2, 0) is 16.6 Å². The molecule has 2 aromatic carbocycles. The van der Waals surface area contributed by atoms with Crippen molar-refractivity contribution in [1.82, 2.24) is 19.5 Å². The van der Waals surface area contributed by atoms with Gasteiger partial charge in [0.15, 0.2) is 0 Å². The molecule has 1 fully saturated rings. The van der Waals surface area contributed by atoms with E-state index in [9.17, 15) is 13.2 Å². The second kappa shape index (κ2) is 10.4. The lowest BCUT2D eigenvalue weighted by molar-refractivity contribution is 0.0627. The first-order chi connectivity index (χ1) is 16.0. The third-order valence-corrected chi connectivity index (χ3v) is 7.83. The second-order valence-electron chi connectivity index (χ2n) is 7.74. The third-order valence-electron chi connectivity index (χ3n) is 5.45. The van der Waals surface area contributed by atoms with Crippen LogP contribution in [-0.4, -0.2) is 61.8 Å². The van der Waals surface area contributed by atoms with Gasteiger partial charge in [-0.15, -0.1) is 17.9 Å². The summed E-state index contributed by atoms with van der Waals surface area (Å²) in [4.78, 5) is 21.9. The van der Waals surface area contributed by atoms with Gasteiger partial charge in [-0.1, -0.05) is 36.4 Å². The van der Waals surface area contributed by atoms with Gasteiger partial charge in [0, 0.05) is 55.8 Å². The van der Waals surface area contributed by atoms with Crippen molar-refractivity contribution in [2.45, 2.75) is 11.4 Å². The Labute approximate surface area is 198 Å². The average molecular weight is 483 g/mol. The summed E-state index contributed by atoms with van der Waals surface area (Å²) in [5.74, 6) is -0.0855. The highest BCUT2D eigenvalue weighted by molar-refractivity contribution is 7.89. The summed E-state index contributed by atoms with van der Waals surface area (Å²) < 4.78 is 26.8. The summed E-state index contributed by atoms with van der Waals surface area (Å²) in [5.41, 5.74) is 2.65. The molecule has 172 valence electrons. The largest absolute Gasteiger partial charge is 0.336 e. The lowest BCUT2D eigenvalue weighted by Crippen LogP contribution is -2.48. The van der Waals surface area contributed by atoms with Gasteiger partial charge in [-0.3, -0.25) is 9.69 Å². The van der Waals surface area contributed by atoms with Gasteiger partial charge in [0.25, 0.3) is 5.91 Å². The number of rotatable bonds is 8. The van der Waals surface area contributed by atoms with Gasteiger partial charge < -0.3 is 4.90 Å². The molecule has 9 heteroatoms. The van der Waals surface area contributed by atoms with Crippen molar-refractivity contribution in [3.63, 3.8) is 0 Å². The van der Waals surface area contributed by atoms with Crippen LogP contribution < -0.4 is 4.72 Å². The molecular weight excluding hydrogens is 456 g/mol. The van der Waals surface area contributed by atoms with Crippen LogP contribution in [0.5, 0.6) is 0 Å². The summed E-state index contributed by atoms with van der Waals surface area (Å²) in [5, 5.41) is 3.11. The summed E-state index contributed by atoms with van der Waals surface area (Å²) >= 11 is 1.65. The Balaban J connectivity index is 1.31. The van der Waals surface area contributed by atoms with Gasteiger partial charge in [-0.05, 0) is 24.3 Å². The van der Waals surface area contributed by atoms with Crippen LogP contribution in [0.2, 0.25) is 0 Å². The maximum Gasteiger partial charge on any atom is 0.253 e. The molecule has 0 radical (unpaired) electrons. The molecule has 0 aliphatic carbocycles. The molecule has 7 nitrogen and oxygen atoms in total. The maximum atomic E-state index is 12.9. The number of carbonyl (C=O) groups is 1. The molecular formula is C24H26N4O3S2. The Kier molecular flexibility index (Phi) is 7.34. The van der Waals surface area contributed by atoms with Crippen LogP contribution >= 0.6 is 11.3 Å². The number of aromatic nitrogens is 1. The number of piperazine rings is 1. The van der Waals surface area contributed by atoms with Crippen molar-refractivity contribution < 1.29 is 13.2 Å². The van der Waals surface area contributed by atoms with E-state index < -0.39 is 10.0 Å². The Morgan fingerprint density at radius 1 is 1.06 bits per heavy atom. The van der Waals surface area contributed by atoms with E-state index in [-0.39, 0.29) is 17.3 Å². The molecule has 0 bridgehead atoms. The fourth-order valence-corrected chi connectivity index (χ4v) is 5.46. The molecule has 1 N–H and O–H groups in total. The highest BCUT2D eigenvalue weighted by atomic mass is 32.2. The van der Waals surface area contributed by atoms with E-state index in [1.807, 2.05) is 23.1 Å². The van der Waals surface area contributed by atoms with Gasteiger partial charge in [0.2, 0.25) is 10.0 Å². The minimum Gasteiger partial charge on any atom is -0.336 e. The van der Waals surface area contributed by atoms with Gasteiger partial charge >= 0.3 is 0 Å². The average Bonchev–Trinajstić information content (AvgIpc) is 3.32. The van der Waals surface area contributed by atoms with Gasteiger partial charge in [0.05, 0.1) is 10.6 Å². The number of hydrogen-bond acceptors (Lipinski definition) is 6. The Bertz CT molecular complexity index is 1200. The lowest BCUT2D eigenvalue weighted by atomic mass is 10.2. The summed E-state index contributed by atoms with van der Waals surface area (Å²) in [6.07, 6.45) is 1.48. The van der Waals surface area contributed by atoms with Crippen LogP contribution in [0.4, 0.5) is 0 Å². The van der Waals surface area contributed by atoms with E-state index in [4.69, 9.17) is 4.98 Å². The fraction of sp³-hybridized carbons (Fsp3) is 0.250.